The van der Waals surface area contributed by atoms with Gasteiger partial charge in [0.15, 0.2) is 0 Å². The number of thiazole rings is 1. The summed E-state index contributed by atoms with van der Waals surface area (Å²) in [5.41, 5.74) is 3.85. The maximum Gasteiger partial charge on any atom is 0.123 e. The summed E-state index contributed by atoms with van der Waals surface area (Å²) >= 11 is 1.82. The summed E-state index contributed by atoms with van der Waals surface area (Å²) < 4.78 is 0. The molecule has 0 aliphatic rings. The molecule has 0 saturated heterocycles. The molecule has 0 aliphatic carbocycles. The Morgan fingerprint density at radius 3 is 2.29 bits per heavy atom. The Balaban J connectivity index is 2.23. The van der Waals surface area contributed by atoms with Crippen LogP contribution in [-0.2, 0) is 13.0 Å². The van der Waals surface area contributed by atoms with Crippen molar-refractivity contribution in [2.45, 2.75) is 59.5 Å². The standard InChI is InChI=1S/C18H26N2S/c1-6-16-17(11-19-13(4)5)21-18(20-16)15-9-7-14(8-10-15)12(2)3/h7-10,12-13,19H,6,11H2,1-5H3. The van der Waals surface area contributed by atoms with E-state index < -0.39 is 0 Å². The summed E-state index contributed by atoms with van der Waals surface area (Å²) in [7, 11) is 0. The van der Waals surface area contributed by atoms with Crippen LogP contribution in [0.5, 0.6) is 0 Å². The molecule has 1 N–H and O–H groups in total. The summed E-state index contributed by atoms with van der Waals surface area (Å²) in [5, 5.41) is 4.64. The molecular formula is C18H26N2S. The third kappa shape index (κ3) is 4.14. The van der Waals surface area contributed by atoms with Crippen LogP contribution >= 0.6 is 11.3 Å². The van der Waals surface area contributed by atoms with Crippen LogP contribution in [0, 0.1) is 0 Å². The second-order valence-corrected chi connectivity index (χ2v) is 7.14. The van der Waals surface area contributed by atoms with Crippen LogP contribution in [0.15, 0.2) is 24.3 Å². The first kappa shape index (κ1) is 16.2. The van der Waals surface area contributed by atoms with E-state index in [9.17, 15) is 0 Å². The van der Waals surface area contributed by atoms with Crippen LogP contribution in [0.25, 0.3) is 10.6 Å². The number of nitrogens with one attached hydrogen (secondary N) is 1. The van der Waals surface area contributed by atoms with E-state index in [1.807, 2.05) is 11.3 Å². The van der Waals surface area contributed by atoms with E-state index in [1.165, 1.54) is 21.7 Å². The molecule has 3 heteroatoms. The molecule has 1 aromatic heterocycles. The van der Waals surface area contributed by atoms with Crippen molar-refractivity contribution in [2.24, 2.45) is 0 Å². The quantitative estimate of drug-likeness (QED) is 0.812. The van der Waals surface area contributed by atoms with Crippen molar-refractivity contribution in [3.63, 3.8) is 0 Å². The Morgan fingerprint density at radius 1 is 1.10 bits per heavy atom. The largest absolute Gasteiger partial charge is 0.310 e. The van der Waals surface area contributed by atoms with E-state index in [-0.39, 0.29) is 0 Å². The Bertz CT molecular complexity index is 567. The lowest BCUT2D eigenvalue weighted by Gasteiger charge is -2.06. The highest BCUT2D eigenvalue weighted by molar-refractivity contribution is 7.15. The van der Waals surface area contributed by atoms with Crippen molar-refractivity contribution in [2.75, 3.05) is 0 Å². The van der Waals surface area contributed by atoms with Crippen molar-refractivity contribution in [3.05, 3.63) is 40.4 Å². The lowest BCUT2D eigenvalue weighted by Crippen LogP contribution is -2.21. The number of hydrogen-bond acceptors (Lipinski definition) is 3. The van der Waals surface area contributed by atoms with Gasteiger partial charge in [-0.05, 0) is 17.9 Å². The maximum atomic E-state index is 4.83. The average Bonchev–Trinajstić information content (AvgIpc) is 2.88. The first-order valence-corrected chi connectivity index (χ1v) is 8.65. The highest BCUT2D eigenvalue weighted by Gasteiger charge is 2.12. The van der Waals surface area contributed by atoms with Gasteiger partial charge in [0, 0.05) is 23.0 Å². The molecule has 0 aliphatic heterocycles. The number of aromatic nitrogens is 1. The third-order valence-electron chi connectivity index (χ3n) is 3.61. The van der Waals surface area contributed by atoms with Gasteiger partial charge in [-0.25, -0.2) is 4.98 Å². The first-order chi connectivity index (χ1) is 10.0. The van der Waals surface area contributed by atoms with Gasteiger partial charge in [-0.2, -0.15) is 0 Å². The fraction of sp³-hybridized carbons (Fsp3) is 0.500. The zero-order valence-corrected chi connectivity index (χ0v) is 14.6. The normalized spacial score (nSPS) is 11.6. The fourth-order valence-electron chi connectivity index (χ4n) is 2.23. The second kappa shape index (κ2) is 7.19. The number of rotatable bonds is 6. The Hall–Kier alpha value is -1.19. The second-order valence-electron chi connectivity index (χ2n) is 6.05. The maximum absolute atomic E-state index is 4.83. The average molecular weight is 302 g/mol. The van der Waals surface area contributed by atoms with E-state index in [0.717, 1.165) is 18.0 Å². The van der Waals surface area contributed by atoms with Crippen molar-refractivity contribution in [3.8, 4) is 10.6 Å². The van der Waals surface area contributed by atoms with Gasteiger partial charge in [0.25, 0.3) is 0 Å². The van der Waals surface area contributed by atoms with Crippen LogP contribution in [0.3, 0.4) is 0 Å². The predicted octanol–water partition coefficient (Wildman–Crippen LogP) is 4.99. The molecule has 21 heavy (non-hydrogen) atoms. The van der Waals surface area contributed by atoms with Crippen molar-refractivity contribution >= 4 is 11.3 Å². The molecule has 0 radical (unpaired) electrons. The Labute approximate surface area is 132 Å². The fourth-order valence-corrected chi connectivity index (χ4v) is 3.34. The van der Waals surface area contributed by atoms with Crippen molar-refractivity contribution < 1.29 is 0 Å². The minimum absolute atomic E-state index is 0.505. The molecule has 0 fully saturated rings. The predicted molar refractivity (Wildman–Crippen MR) is 93.0 cm³/mol. The van der Waals surface area contributed by atoms with Gasteiger partial charge in [0.05, 0.1) is 5.69 Å². The molecule has 0 amide bonds. The number of aryl methyl sites for hydroxylation is 1. The summed E-state index contributed by atoms with van der Waals surface area (Å²) in [4.78, 5) is 6.20. The molecule has 1 heterocycles. The summed E-state index contributed by atoms with van der Waals surface area (Å²) in [5.74, 6) is 0.576. The van der Waals surface area contributed by atoms with Crippen LogP contribution in [0.4, 0.5) is 0 Å². The highest BCUT2D eigenvalue weighted by atomic mass is 32.1. The molecule has 0 atom stereocenters. The van der Waals surface area contributed by atoms with Crippen molar-refractivity contribution in [1.29, 1.82) is 0 Å². The van der Waals surface area contributed by atoms with Crippen molar-refractivity contribution in [1.82, 2.24) is 10.3 Å². The van der Waals surface area contributed by atoms with E-state index in [2.05, 4.69) is 64.2 Å². The minimum atomic E-state index is 0.505. The van der Waals surface area contributed by atoms with Crippen LogP contribution in [0.2, 0.25) is 0 Å². The Kier molecular flexibility index (Phi) is 5.54. The SMILES string of the molecule is CCc1nc(-c2ccc(C(C)C)cc2)sc1CNC(C)C. The number of nitrogens with zero attached hydrogens (tertiary/aromatic N) is 1. The molecule has 2 aromatic rings. The van der Waals surface area contributed by atoms with E-state index in [4.69, 9.17) is 4.98 Å². The van der Waals surface area contributed by atoms with Gasteiger partial charge >= 0.3 is 0 Å². The molecule has 2 nitrogen and oxygen atoms in total. The zero-order valence-electron chi connectivity index (χ0n) is 13.7. The van der Waals surface area contributed by atoms with Gasteiger partial charge in [-0.3, -0.25) is 0 Å². The lowest BCUT2D eigenvalue weighted by molar-refractivity contribution is 0.590. The molecule has 0 bridgehead atoms. The topological polar surface area (TPSA) is 24.9 Å². The molecular weight excluding hydrogens is 276 g/mol. The zero-order chi connectivity index (χ0) is 15.4. The highest BCUT2D eigenvalue weighted by Crippen LogP contribution is 2.29. The molecule has 0 unspecified atom stereocenters. The lowest BCUT2D eigenvalue weighted by atomic mass is 10.0. The van der Waals surface area contributed by atoms with Gasteiger partial charge in [-0.15, -0.1) is 11.3 Å². The van der Waals surface area contributed by atoms with E-state index in [0.29, 0.717) is 12.0 Å². The number of benzene rings is 1. The van der Waals surface area contributed by atoms with Gasteiger partial charge in [0.1, 0.15) is 5.01 Å². The molecule has 0 spiro atoms. The van der Waals surface area contributed by atoms with Gasteiger partial charge in [0.2, 0.25) is 0 Å². The van der Waals surface area contributed by atoms with Gasteiger partial charge in [-0.1, -0.05) is 58.9 Å². The van der Waals surface area contributed by atoms with Crippen LogP contribution in [-0.4, -0.2) is 11.0 Å². The van der Waals surface area contributed by atoms with E-state index in [1.54, 1.807) is 0 Å². The van der Waals surface area contributed by atoms with Crippen LogP contribution in [0.1, 0.15) is 56.7 Å². The molecule has 2 rings (SSSR count). The van der Waals surface area contributed by atoms with Gasteiger partial charge < -0.3 is 5.32 Å². The first-order valence-electron chi connectivity index (χ1n) is 7.83. The molecule has 114 valence electrons. The summed E-state index contributed by atoms with van der Waals surface area (Å²) in [6.07, 6.45) is 0.996. The molecule has 0 saturated carbocycles. The third-order valence-corrected chi connectivity index (χ3v) is 4.76. The van der Waals surface area contributed by atoms with E-state index >= 15 is 0 Å². The summed E-state index contributed by atoms with van der Waals surface area (Å²) in [6, 6.07) is 9.35. The summed E-state index contributed by atoms with van der Waals surface area (Å²) in [6.45, 7) is 11.9. The smallest absolute Gasteiger partial charge is 0.123 e. The molecule has 1 aromatic carbocycles. The Morgan fingerprint density at radius 2 is 1.76 bits per heavy atom. The number of hydrogen-bond donors (Lipinski definition) is 1. The van der Waals surface area contributed by atoms with Crippen LogP contribution < -0.4 is 5.32 Å². The minimum Gasteiger partial charge on any atom is -0.310 e. The monoisotopic (exact) mass is 302 g/mol.